The lowest BCUT2D eigenvalue weighted by molar-refractivity contribution is 0.170. The first kappa shape index (κ1) is 22.6. The van der Waals surface area contributed by atoms with E-state index in [1.165, 1.54) is 6.07 Å². The maximum atomic E-state index is 12.4. The third-order valence-corrected chi connectivity index (χ3v) is 6.48. The monoisotopic (exact) mass is 433 g/mol. The summed E-state index contributed by atoms with van der Waals surface area (Å²) in [6.45, 7) is 8.47. The molecule has 0 bridgehead atoms. The van der Waals surface area contributed by atoms with Gasteiger partial charge >= 0.3 is 0 Å². The van der Waals surface area contributed by atoms with E-state index in [-0.39, 0.29) is 35.2 Å². The molecule has 164 valence electrons. The van der Waals surface area contributed by atoms with Gasteiger partial charge in [-0.25, -0.2) is 23.1 Å². The number of aliphatic hydroxyl groups is 1. The number of piperidine rings is 1. The van der Waals surface area contributed by atoms with Crippen LogP contribution in [0.3, 0.4) is 0 Å². The molecule has 1 fully saturated rings. The van der Waals surface area contributed by atoms with Gasteiger partial charge in [-0.3, -0.25) is 0 Å². The highest BCUT2D eigenvalue weighted by atomic mass is 32.2. The van der Waals surface area contributed by atoms with E-state index in [0.717, 1.165) is 12.8 Å². The number of nitrogens with one attached hydrogen (secondary N) is 3. The molecule has 1 aromatic carbocycles. The number of aromatic nitrogens is 2. The smallest absolute Gasteiger partial charge is 0.240 e. The Morgan fingerprint density at radius 3 is 2.53 bits per heavy atom. The SMILES string of the molecule is CC1(C)CC(Nc2nccc(-c3cccc(S(=O)(=O)NCCO)c3)n2)CC(C)(C)N1. The number of hydrogen-bond acceptors (Lipinski definition) is 7. The van der Waals surface area contributed by atoms with Crippen molar-refractivity contribution in [2.75, 3.05) is 18.5 Å². The summed E-state index contributed by atoms with van der Waals surface area (Å²) in [6, 6.07) is 8.56. The average Bonchev–Trinajstić information content (AvgIpc) is 2.64. The van der Waals surface area contributed by atoms with Gasteiger partial charge in [0.1, 0.15) is 0 Å². The first-order valence-corrected chi connectivity index (χ1v) is 11.6. The van der Waals surface area contributed by atoms with Crippen molar-refractivity contribution in [1.82, 2.24) is 20.0 Å². The van der Waals surface area contributed by atoms with E-state index in [1.807, 2.05) is 6.07 Å². The highest BCUT2D eigenvalue weighted by Crippen LogP contribution is 2.30. The maximum Gasteiger partial charge on any atom is 0.240 e. The Morgan fingerprint density at radius 2 is 1.87 bits per heavy atom. The highest BCUT2D eigenvalue weighted by Gasteiger charge is 2.37. The van der Waals surface area contributed by atoms with E-state index in [0.29, 0.717) is 17.2 Å². The third-order valence-electron chi connectivity index (χ3n) is 5.02. The summed E-state index contributed by atoms with van der Waals surface area (Å²) >= 11 is 0. The largest absolute Gasteiger partial charge is 0.395 e. The Morgan fingerprint density at radius 1 is 1.17 bits per heavy atom. The summed E-state index contributed by atoms with van der Waals surface area (Å²) in [4.78, 5) is 9.11. The topological polar surface area (TPSA) is 116 Å². The van der Waals surface area contributed by atoms with Gasteiger partial charge in [0.25, 0.3) is 0 Å². The van der Waals surface area contributed by atoms with E-state index in [4.69, 9.17) is 5.11 Å². The molecular formula is C21H31N5O3S. The number of rotatable bonds is 7. The van der Waals surface area contributed by atoms with Crippen LogP contribution in [0.2, 0.25) is 0 Å². The molecule has 0 spiro atoms. The molecule has 0 radical (unpaired) electrons. The lowest BCUT2D eigenvalue weighted by Crippen LogP contribution is -2.60. The summed E-state index contributed by atoms with van der Waals surface area (Å²) in [5.41, 5.74) is 1.32. The lowest BCUT2D eigenvalue weighted by Gasteiger charge is -2.46. The predicted octanol–water partition coefficient (Wildman–Crippen LogP) is 2.14. The fourth-order valence-corrected chi connectivity index (χ4v) is 5.35. The van der Waals surface area contributed by atoms with Gasteiger partial charge in [-0.2, -0.15) is 0 Å². The second-order valence-corrected chi connectivity index (χ2v) is 10.8. The van der Waals surface area contributed by atoms with Gasteiger partial charge in [0, 0.05) is 35.4 Å². The Bertz CT molecular complexity index is 976. The molecule has 4 N–H and O–H groups in total. The second-order valence-electron chi connectivity index (χ2n) is 9.06. The molecule has 0 unspecified atom stereocenters. The quantitative estimate of drug-likeness (QED) is 0.529. The normalized spacial score (nSPS) is 18.8. The molecule has 1 saturated heterocycles. The van der Waals surface area contributed by atoms with Gasteiger partial charge in [-0.05, 0) is 58.7 Å². The van der Waals surface area contributed by atoms with Crippen molar-refractivity contribution in [2.45, 2.75) is 62.6 Å². The van der Waals surface area contributed by atoms with Crippen molar-refractivity contribution in [1.29, 1.82) is 0 Å². The van der Waals surface area contributed by atoms with Crippen LogP contribution >= 0.6 is 0 Å². The minimum Gasteiger partial charge on any atom is -0.395 e. The van der Waals surface area contributed by atoms with Crippen molar-refractivity contribution in [2.24, 2.45) is 0 Å². The lowest BCUT2D eigenvalue weighted by atomic mass is 9.80. The molecule has 2 heterocycles. The first-order valence-electron chi connectivity index (χ1n) is 10.1. The summed E-state index contributed by atoms with van der Waals surface area (Å²) in [5, 5.41) is 16.0. The van der Waals surface area contributed by atoms with Crippen LogP contribution in [-0.2, 0) is 10.0 Å². The first-order chi connectivity index (χ1) is 14.0. The standard InChI is InChI=1S/C21H31N5O3S/c1-20(2)13-16(14-21(3,4)26-20)24-19-22-9-8-18(25-19)15-6-5-7-17(12-15)30(28,29)23-10-11-27/h5-9,12,16,23,26-27H,10-11,13-14H2,1-4H3,(H,22,24,25). The molecule has 9 heteroatoms. The Labute approximate surface area is 178 Å². The van der Waals surface area contributed by atoms with Gasteiger partial charge < -0.3 is 15.7 Å². The zero-order valence-corrected chi connectivity index (χ0v) is 18.8. The van der Waals surface area contributed by atoms with Crippen LogP contribution in [0, 0.1) is 0 Å². The molecule has 30 heavy (non-hydrogen) atoms. The Kier molecular flexibility index (Phi) is 6.47. The van der Waals surface area contributed by atoms with Crippen LogP contribution in [0.25, 0.3) is 11.3 Å². The van der Waals surface area contributed by atoms with E-state index in [1.54, 1.807) is 24.4 Å². The van der Waals surface area contributed by atoms with Crippen molar-refractivity contribution in [3.8, 4) is 11.3 Å². The number of sulfonamides is 1. The number of hydrogen-bond donors (Lipinski definition) is 4. The predicted molar refractivity (Wildman–Crippen MR) is 118 cm³/mol. The summed E-state index contributed by atoms with van der Waals surface area (Å²) in [5.74, 6) is 0.526. The van der Waals surface area contributed by atoms with Gasteiger partial charge in [0.2, 0.25) is 16.0 Å². The molecule has 0 aliphatic carbocycles. The molecule has 2 aromatic rings. The van der Waals surface area contributed by atoms with Crippen LogP contribution in [0.5, 0.6) is 0 Å². The third kappa shape index (κ3) is 5.75. The molecule has 1 aliphatic rings. The molecule has 0 amide bonds. The van der Waals surface area contributed by atoms with Gasteiger partial charge in [-0.15, -0.1) is 0 Å². The number of benzene rings is 1. The van der Waals surface area contributed by atoms with Crippen LogP contribution < -0.4 is 15.4 Å². The van der Waals surface area contributed by atoms with Crippen molar-refractivity contribution in [3.63, 3.8) is 0 Å². The fraction of sp³-hybridized carbons (Fsp3) is 0.524. The van der Waals surface area contributed by atoms with Gasteiger partial charge in [-0.1, -0.05) is 12.1 Å². The average molecular weight is 434 g/mol. The van der Waals surface area contributed by atoms with E-state index in [9.17, 15) is 8.42 Å². The zero-order chi connectivity index (χ0) is 22.0. The second kappa shape index (κ2) is 8.58. The molecule has 0 saturated carbocycles. The summed E-state index contributed by atoms with van der Waals surface area (Å²) in [6.07, 6.45) is 3.55. The fourth-order valence-electron chi connectivity index (χ4n) is 4.28. The molecule has 8 nitrogen and oxygen atoms in total. The molecular weight excluding hydrogens is 402 g/mol. The molecule has 0 atom stereocenters. The molecule has 1 aromatic heterocycles. The van der Waals surface area contributed by atoms with Crippen LogP contribution in [0.15, 0.2) is 41.4 Å². The summed E-state index contributed by atoms with van der Waals surface area (Å²) < 4.78 is 27.1. The van der Waals surface area contributed by atoms with Crippen LogP contribution in [-0.4, -0.2) is 53.8 Å². The molecule has 1 aliphatic heterocycles. The Balaban J connectivity index is 1.82. The molecule has 3 rings (SSSR count). The van der Waals surface area contributed by atoms with Crippen molar-refractivity contribution >= 4 is 16.0 Å². The minimum absolute atomic E-state index is 0.00128. The van der Waals surface area contributed by atoms with Crippen LogP contribution in [0.1, 0.15) is 40.5 Å². The van der Waals surface area contributed by atoms with Gasteiger partial charge in [0.15, 0.2) is 0 Å². The van der Waals surface area contributed by atoms with Gasteiger partial charge in [0.05, 0.1) is 17.2 Å². The Hall–Kier alpha value is -2.07. The number of nitrogens with zero attached hydrogens (tertiary/aromatic N) is 2. The summed E-state index contributed by atoms with van der Waals surface area (Å²) in [7, 11) is -3.69. The number of anilines is 1. The zero-order valence-electron chi connectivity index (χ0n) is 17.9. The highest BCUT2D eigenvalue weighted by molar-refractivity contribution is 7.89. The minimum atomic E-state index is -3.69. The van der Waals surface area contributed by atoms with E-state index in [2.05, 4.69) is 53.0 Å². The van der Waals surface area contributed by atoms with Crippen LogP contribution in [0.4, 0.5) is 5.95 Å². The maximum absolute atomic E-state index is 12.4. The van der Waals surface area contributed by atoms with E-state index >= 15 is 0 Å². The van der Waals surface area contributed by atoms with E-state index < -0.39 is 10.0 Å². The van der Waals surface area contributed by atoms with Crippen molar-refractivity contribution in [3.05, 3.63) is 36.5 Å². The number of aliphatic hydroxyl groups excluding tert-OH is 1. The van der Waals surface area contributed by atoms with Crippen molar-refractivity contribution < 1.29 is 13.5 Å².